The van der Waals surface area contributed by atoms with Gasteiger partial charge in [-0.1, -0.05) is 17.7 Å². The van der Waals surface area contributed by atoms with Crippen LogP contribution in [0.1, 0.15) is 30.9 Å². The van der Waals surface area contributed by atoms with Crippen molar-refractivity contribution in [1.82, 2.24) is 0 Å². The maximum absolute atomic E-state index is 3.60. The zero-order valence-electron chi connectivity index (χ0n) is 9.30. The minimum atomic E-state index is 0.636. The highest BCUT2D eigenvalue weighted by Crippen LogP contribution is 2.34. The molecule has 1 aromatic carbocycles. The molecule has 1 saturated carbocycles. The fourth-order valence-electron chi connectivity index (χ4n) is 1.93. The first-order valence-corrected chi connectivity index (χ1v) is 5.50. The summed E-state index contributed by atoms with van der Waals surface area (Å²) >= 11 is 0. The number of rotatable bonds is 3. The van der Waals surface area contributed by atoms with Gasteiger partial charge in [-0.3, -0.25) is 0 Å². The van der Waals surface area contributed by atoms with Crippen molar-refractivity contribution in [3.63, 3.8) is 0 Å². The molecule has 1 atom stereocenters. The summed E-state index contributed by atoms with van der Waals surface area (Å²) in [7, 11) is 0. The quantitative estimate of drug-likeness (QED) is 0.767. The Kier molecular flexibility index (Phi) is 2.49. The van der Waals surface area contributed by atoms with Crippen LogP contribution < -0.4 is 5.32 Å². The summed E-state index contributed by atoms with van der Waals surface area (Å²) in [5, 5.41) is 3.60. The van der Waals surface area contributed by atoms with Gasteiger partial charge in [0.1, 0.15) is 0 Å². The van der Waals surface area contributed by atoms with E-state index < -0.39 is 0 Å². The van der Waals surface area contributed by atoms with Crippen LogP contribution in [-0.2, 0) is 0 Å². The molecule has 1 heteroatoms. The molecule has 1 aliphatic rings. The Hall–Kier alpha value is -0.980. The number of hydrogen-bond donors (Lipinski definition) is 1. The van der Waals surface area contributed by atoms with Crippen LogP contribution in [0.15, 0.2) is 18.2 Å². The second-order valence-corrected chi connectivity index (χ2v) is 4.59. The van der Waals surface area contributed by atoms with E-state index in [0.29, 0.717) is 6.04 Å². The van der Waals surface area contributed by atoms with Crippen molar-refractivity contribution in [2.24, 2.45) is 5.92 Å². The molecule has 1 aromatic rings. The van der Waals surface area contributed by atoms with Crippen LogP contribution in [0.2, 0.25) is 0 Å². The van der Waals surface area contributed by atoms with Gasteiger partial charge in [0.2, 0.25) is 0 Å². The molecular weight excluding hydrogens is 170 g/mol. The van der Waals surface area contributed by atoms with Crippen molar-refractivity contribution in [2.75, 3.05) is 5.32 Å². The molecule has 0 heterocycles. The lowest BCUT2D eigenvalue weighted by molar-refractivity contribution is 0.693. The van der Waals surface area contributed by atoms with Gasteiger partial charge >= 0.3 is 0 Å². The molecule has 2 rings (SSSR count). The van der Waals surface area contributed by atoms with Crippen molar-refractivity contribution >= 4 is 5.69 Å². The van der Waals surface area contributed by atoms with Gasteiger partial charge in [0, 0.05) is 11.7 Å². The standard InChI is InChI=1S/C13H19N/c1-9-4-7-13(10(2)8-9)14-11(3)12-5-6-12/h4,7-8,11-12,14H,5-6H2,1-3H3/t11-/m1/s1. The van der Waals surface area contributed by atoms with Crippen molar-refractivity contribution in [3.05, 3.63) is 29.3 Å². The van der Waals surface area contributed by atoms with Gasteiger partial charge in [0.15, 0.2) is 0 Å². The van der Waals surface area contributed by atoms with Gasteiger partial charge in [0.25, 0.3) is 0 Å². The molecule has 0 unspecified atom stereocenters. The van der Waals surface area contributed by atoms with Crippen LogP contribution in [0.4, 0.5) is 5.69 Å². The number of nitrogens with one attached hydrogen (secondary N) is 1. The van der Waals surface area contributed by atoms with Crippen LogP contribution in [0.3, 0.4) is 0 Å². The molecule has 1 fully saturated rings. The average molecular weight is 189 g/mol. The summed E-state index contributed by atoms with van der Waals surface area (Å²) in [4.78, 5) is 0. The summed E-state index contributed by atoms with van der Waals surface area (Å²) in [6.45, 7) is 6.60. The fraction of sp³-hybridized carbons (Fsp3) is 0.538. The summed E-state index contributed by atoms with van der Waals surface area (Å²) in [5.74, 6) is 0.913. The first kappa shape index (κ1) is 9.57. The van der Waals surface area contributed by atoms with Gasteiger partial charge < -0.3 is 5.32 Å². The van der Waals surface area contributed by atoms with E-state index in [-0.39, 0.29) is 0 Å². The Morgan fingerprint density at radius 1 is 1.29 bits per heavy atom. The summed E-state index contributed by atoms with van der Waals surface area (Å²) in [6, 6.07) is 7.25. The lowest BCUT2D eigenvalue weighted by atomic mass is 10.1. The molecule has 1 aliphatic carbocycles. The van der Waals surface area contributed by atoms with Gasteiger partial charge in [-0.25, -0.2) is 0 Å². The highest BCUT2D eigenvalue weighted by atomic mass is 14.9. The maximum atomic E-state index is 3.60. The smallest absolute Gasteiger partial charge is 0.0372 e. The summed E-state index contributed by atoms with van der Waals surface area (Å²) in [6.07, 6.45) is 2.80. The largest absolute Gasteiger partial charge is 0.382 e. The van der Waals surface area contributed by atoms with Crippen LogP contribution >= 0.6 is 0 Å². The lowest BCUT2D eigenvalue weighted by Gasteiger charge is -2.16. The molecule has 0 radical (unpaired) electrons. The zero-order valence-corrected chi connectivity index (χ0v) is 9.30. The Labute approximate surface area is 86.5 Å². The van der Waals surface area contributed by atoms with Crippen LogP contribution in [0.5, 0.6) is 0 Å². The predicted molar refractivity (Wildman–Crippen MR) is 61.7 cm³/mol. The Morgan fingerprint density at radius 2 is 2.00 bits per heavy atom. The predicted octanol–water partition coefficient (Wildman–Crippen LogP) is 3.51. The second kappa shape index (κ2) is 3.64. The third-order valence-electron chi connectivity index (χ3n) is 3.09. The average Bonchev–Trinajstić information content (AvgIpc) is 2.92. The van der Waals surface area contributed by atoms with Crippen LogP contribution in [-0.4, -0.2) is 6.04 Å². The van der Waals surface area contributed by atoms with E-state index >= 15 is 0 Å². The molecule has 1 nitrogen and oxygen atoms in total. The van der Waals surface area contributed by atoms with Crippen LogP contribution in [0, 0.1) is 19.8 Å². The molecule has 1 N–H and O–H groups in total. The number of hydrogen-bond acceptors (Lipinski definition) is 1. The maximum Gasteiger partial charge on any atom is 0.0372 e. The van der Waals surface area contributed by atoms with Crippen molar-refractivity contribution < 1.29 is 0 Å². The number of anilines is 1. The molecule has 0 spiro atoms. The molecule has 76 valence electrons. The highest BCUT2D eigenvalue weighted by molar-refractivity contribution is 5.52. The topological polar surface area (TPSA) is 12.0 Å². The third-order valence-corrected chi connectivity index (χ3v) is 3.09. The SMILES string of the molecule is Cc1ccc(N[C@H](C)C2CC2)c(C)c1. The van der Waals surface area contributed by atoms with Crippen molar-refractivity contribution in [3.8, 4) is 0 Å². The van der Waals surface area contributed by atoms with Gasteiger partial charge in [0.05, 0.1) is 0 Å². The van der Waals surface area contributed by atoms with Gasteiger partial charge in [-0.2, -0.15) is 0 Å². The van der Waals surface area contributed by atoms with E-state index in [9.17, 15) is 0 Å². The summed E-state index contributed by atoms with van der Waals surface area (Å²) in [5.41, 5.74) is 4.00. The van der Waals surface area contributed by atoms with Crippen molar-refractivity contribution in [1.29, 1.82) is 0 Å². The van der Waals surface area contributed by atoms with Gasteiger partial charge in [-0.05, 0) is 51.2 Å². The molecule has 0 aliphatic heterocycles. The second-order valence-electron chi connectivity index (χ2n) is 4.59. The minimum absolute atomic E-state index is 0.636. The molecule has 0 aromatic heterocycles. The minimum Gasteiger partial charge on any atom is -0.382 e. The van der Waals surface area contributed by atoms with Crippen LogP contribution in [0.25, 0.3) is 0 Å². The van der Waals surface area contributed by atoms with E-state index in [1.165, 1.54) is 29.7 Å². The molecule has 14 heavy (non-hydrogen) atoms. The highest BCUT2D eigenvalue weighted by Gasteiger charge is 2.27. The molecule has 0 bridgehead atoms. The fourth-order valence-corrected chi connectivity index (χ4v) is 1.93. The normalized spacial score (nSPS) is 17.9. The Bertz CT molecular complexity index is 326. The molecule has 0 amide bonds. The number of benzene rings is 1. The lowest BCUT2D eigenvalue weighted by Crippen LogP contribution is -2.17. The first-order chi connectivity index (χ1) is 6.66. The molecular formula is C13H19N. The number of aryl methyl sites for hydroxylation is 2. The van der Waals surface area contributed by atoms with E-state index in [1.807, 2.05) is 0 Å². The monoisotopic (exact) mass is 189 g/mol. The third kappa shape index (κ3) is 2.09. The van der Waals surface area contributed by atoms with E-state index in [2.05, 4.69) is 44.3 Å². The van der Waals surface area contributed by atoms with E-state index in [1.54, 1.807) is 0 Å². The first-order valence-electron chi connectivity index (χ1n) is 5.50. The van der Waals surface area contributed by atoms with E-state index in [4.69, 9.17) is 0 Å². The Morgan fingerprint density at radius 3 is 2.57 bits per heavy atom. The zero-order chi connectivity index (χ0) is 10.1. The van der Waals surface area contributed by atoms with Crippen molar-refractivity contribution in [2.45, 2.75) is 39.7 Å². The van der Waals surface area contributed by atoms with Gasteiger partial charge in [-0.15, -0.1) is 0 Å². The molecule has 0 saturated heterocycles. The van der Waals surface area contributed by atoms with E-state index in [0.717, 1.165) is 5.92 Å². The summed E-state index contributed by atoms with van der Waals surface area (Å²) < 4.78 is 0. The Balaban J connectivity index is 2.07.